The Labute approximate surface area is 188 Å². The summed E-state index contributed by atoms with van der Waals surface area (Å²) < 4.78 is 0. The quantitative estimate of drug-likeness (QED) is 0.529. The van der Waals surface area contributed by atoms with Gasteiger partial charge in [-0.15, -0.1) is 11.8 Å². The van der Waals surface area contributed by atoms with Gasteiger partial charge in [-0.2, -0.15) is 0 Å². The predicted octanol–water partition coefficient (Wildman–Crippen LogP) is 5.10. The minimum Gasteiger partial charge on any atom is -0.355 e. The van der Waals surface area contributed by atoms with Gasteiger partial charge in [0.05, 0.1) is 11.3 Å². The van der Waals surface area contributed by atoms with E-state index in [1.54, 1.807) is 6.07 Å². The number of benzene rings is 2. The first-order chi connectivity index (χ1) is 14.6. The van der Waals surface area contributed by atoms with Gasteiger partial charge in [0.2, 0.25) is 5.91 Å². The monoisotopic (exact) mass is 444 g/mol. The molecule has 2 N–H and O–H groups in total. The molecule has 160 valence electrons. The molecule has 0 aromatic heterocycles. The van der Waals surface area contributed by atoms with Crippen LogP contribution in [0.5, 0.6) is 0 Å². The normalized spacial score (nSPS) is 14.3. The van der Waals surface area contributed by atoms with Crippen molar-refractivity contribution in [2.45, 2.75) is 43.4 Å². The molecule has 1 aliphatic rings. The average Bonchev–Trinajstić information content (AvgIpc) is 2.78. The molecule has 0 aliphatic heterocycles. The second-order valence-corrected chi connectivity index (χ2v) is 9.18. The van der Waals surface area contributed by atoms with Crippen molar-refractivity contribution in [3.8, 4) is 0 Å². The van der Waals surface area contributed by atoms with Crippen LogP contribution < -0.4 is 10.6 Å². The number of carbonyl (C=O) groups is 2. The van der Waals surface area contributed by atoms with Gasteiger partial charge >= 0.3 is 0 Å². The van der Waals surface area contributed by atoms with Crippen molar-refractivity contribution in [1.82, 2.24) is 10.6 Å². The van der Waals surface area contributed by atoms with Crippen LogP contribution in [-0.4, -0.2) is 30.7 Å². The molecule has 0 saturated heterocycles. The first-order valence-corrected chi connectivity index (χ1v) is 12.0. The molecule has 2 aromatic rings. The van der Waals surface area contributed by atoms with Gasteiger partial charge in [-0.3, -0.25) is 9.59 Å². The van der Waals surface area contributed by atoms with Crippen LogP contribution >= 0.6 is 23.4 Å². The van der Waals surface area contributed by atoms with E-state index in [0.717, 1.165) is 23.4 Å². The van der Waals surface area contributed by atoms with E-state index in [-0.39, 0.29) is 11.8 Å². The number of thioether (sulfide) groups is 1. The summed E-state index contributed by atoms with van der Waals surface area (Å²) >= 11 is 7.32. The summed E-state index contributed by atoms with van der Waals surface area (Å²) in [6.07, 6.45) is 7.03. The third-order valence-corrected chi connectivity index (χ3v) is 6.74. The molecule has 0 atom stereocenters. The van der Waals surface area contributed by atoms with Gasteiger partial charge < -0.3 is 10.6 Å². The highest BCUT2D eigenvalue weighted by Gasteiger charge is 2.15. The molecule has 0 bridgehead atoms. The highest BCUT2D eigenvalue weighted by atomic mass is 35.5. The summed E-state index contributed by atoms with van der Waals surface area (Å²) in [6.45, 7) is 1.31. The first-order valence-electron chi connectivity index (χ1n) is 10.6. The Kier molecular flexibility index (Phi) is 9.09. The molecule has 0 heterocycles. The third-order valence-electron chi connectivity index (χ3n) is 5.42. The fraction of sp³-hybridized carbons (Fsp3) is 0.417. The third kappa shape index (κ3) is 7.37. The average molecular weight is 445 g/mol. The molecular weight excluding hydrogens is 416 g/mol. The topological polar surface area (TPSA) is 58.2 Å². The van der Waals surface area contributed by atoms with Crippen molar-refractivity contribution in [2.24, 2.45) is 5.92 Å². The molecule has 3 rings (SSSR count). The van der Waals surface area contributed by atoms with Crippen molar-refractivity contribution in [1.29, 1.82) is 0 Å². The van der Waals surface area contributed by atoms with Gasteiger partial charge in [0.25, 0.3) is 5.91 Å². The van der Waals surface area contributed by atoms with E-state index in [1.807, 2.05) is 42.5 Å². The summed E-state index contributed by atoms with van der Waals surface area (Å²) in [4.78, 5) is 25.7. The van der Waals surface area contributed by atoms with Crippen LogP contribution in [0.2, 0.25) is 5.02 Å². The number of amides is 2. The lowest BCUT2D eigenvalue weighted by Crippen LogP contribution is -2.31. The van der Waals surface area contributed by atoms with E-state index in [0.29, 0.717) is 28.8 Å². The smallest absolute Gasteiger partial charge is 0.252 e. The zero-order chi connectivity index (χ0) is 21.2. The van der Waals surface area contributed by atoms with Gasteiger partial charge in [0.15, 0.2) is 0 Å². The summed E-state index contributed by atoms with van der Waals surface area (Å²) in [5.74, 6) is 0.853. The molecule has 4 nitrogen and oxygen atoms in total. The second kappa shape index (κ2) is 12.0. The molecule has 1 aliphatic carbocycles. The van der Waals surface area contributed by atoms with Crippen molar-refractivity contribution in [2.75, 3.05) is 18.8 Å². The van der Waals surface area contributed by atoms with Gasteiger partial charge in [-0.05, 0) is 55.0 Å². The lowest BCUT2D eigenvalue weighted by atomic mass is 9.89. The molecule has 1 saturated carbocycles. The van der Waals surface area contributed by atoms with E-state index in [1.165, 1.54) is 43.9 Å². The molecule has 0 spiro atoms. The molecule has 2 aromatic carbocycles. The van der Waals surface area contributed by atoms with Crippen LogP contribution in [0.4, 0.5) is 0 Å². The maximum atomic E-state index is 12.6. The van der Waals surface area contributed by atoms with Gasteiger partial charge in [0.1, 0.15) is 0 Å². The van der Waals surface area contributed by atoms with E-state index >= 15 is 0 Å². The minimum atomic E-state index is -0.116. The standard InChI is InChI=1S/C24H29ClN2O2S/c25-20-12-10-18(11-13-20)14-15-26-24(29)21-8-4-5-9-22(21)30-17-23(28)27-16-19-6-2-1-3-7-19/h4-5,8-13,19H,1-3,6-7,14-17H2,(H,26,29)(H,27,28). The Hall–Kier alpha value is -1.98. The fourth-order valence-electron chi connectivity index (χ4n) is 3.69. The summed E-state index contributed by atoms with van der Waals surface area (Å²) in [7, 11) is 0. The molecule has 2 amide bonds. The highest BCUT2D eigenvalue weighted by molar-refractivity contribution is 8.00. The molecule has 1 fully saturated rings. The van der Waals surface area contributed by atoms with Crippen molar-refractivity contribution in [3.05, 3.63) is 64.7 Å². The Balaban J connectivity index is 1.45. The number of halogens is 1. The van der Waals surface area contributed by atoms with E-state index in [9.17, 15) is 9.59 Å². The lowest BCUT2D eigenvalue weighted by molar-refractivity contribution is -0.118. The predicted molar refractivity (Wildman–Crippen MR) is 124 cm³/mol. The lowest BCUT2D eigenvalue weighted by Gasteiger charge is -2.21. The zero-order valence-electron chi connectivity index (χ0n) is 17.2. The Morgan fingerprint density at radius 2 is 1.70 bits per heavy atom. The van der Waals surface area contributed by atoms with Crippen molar-refractivity contribution >= 4 is 35.2 Å². The van der Waals surface area contributed by atoms with E-state index in [4.69, 9.17) is 11.6 Å². The number of rotatable bonds is 9. The van der Waals surface area contributed by atoms with Crippen molar-refractivity contribution in [3.63, 3.8) is 0 Å². The van der Waals surface area contributed by atoms with Crippen LogP contribution in [0.3, 0.4) is 0 Å². The second-order valence-electron chi connectivity index (χ2n) is 7.73. The van der Waals surface area contributed by atoms with Gasteiger partial charge in [-0.1, -0.05) is 55.1 Å². The van der Waals surface area contributed by atoms with Crippen molar-refractivity contribution < 1.29 is 9.59 Å². The summed E-state index contributed by atoms with van der Waals surface area (Å²) in [5, 5.41) is 6.74. The van der Waals surface area contributed by atoms with E-state index < -0.39 is 0 Å². The zero-order valence-corrected chi connectivity index (χ0v) is 18.7. The Morgan fingerprint density at radius 3 is 2.47 bits per heavy atom. The summed E-state index contributed by atoms with van der Waals surface area (Å²) in [6, 6.07) is 15.1. The van der Waals surface area contributed by atoms with Crippen LogP contribution in [0.15, 0.2) is 53.4 Å². The van der Waals surface area contributed by atoms with Crippen LogP contribution in [0.25, 0.3) is 0 Å². The number of carbonyl (C=O) groups excluding carboxylic acids is 2. The molecule has 0 unspecified atom stereocenters. The Morgan fingerprint density at radius 1 is 0.967 bits per heavy atom. The van der Waals surface area contributed by atoms with Gasteiger partial charge in [0, 0.05) is 23.0 Å². The van der Waals surface area contributed by atoms with E-state index in [2.05, 4.69) is 10.6 Å². The Bertz CT molecular complexity index is 835. The maximum Gasteiger partial charge on any atom is 0.252 e. The maximum absolute atomic E-state index is 12.6. The van der Waals surface area contributed by atoms with Crippen LogP contribution in [0.1, 0.15) is 48.0 Å². The SMILES string of the molecule is O=C(CSc1ccccc1C(=O)NCCc1ccc(Cl)cc1)NCC1CCCCC1. The first kappa shape index (κ1) is 22.7. The largest absolute Gasteiger partial charge is 0.355 e. The molecule has 0 radical (unpaired) electrons. The van der Waals surface area contributed by atoms with Crippen LogP contribution in [-0.2, 0) is 11.2 Å². The van der Waals surface area contributed by atoms with Crippen LogP contribution in [0, 0.1) is 5.92 Å². The number of nitrogens with one attached hydrogen (secondary N) is 2. The summed E-state index contributed by atoms with van der Waals surface area (Å²) in [5.41, 5.74) is 1.73. The highest BCUT2D eigenvalue weighted by Crippen LogP contribution is 2.24. The minimum absolute atomic E-state index is 0.0310. The molecule has 6 heteroatoms. The molecule has 30 heavy (non-hydrogen) atoms. The van der Waals surface area contributed by atoms with Gasteiger partial charge in [-0.25, -0.2) is 0 Å². The molecular formula is C24H29ClN2O2S. The fourth-order valence-corrected chi connectivity index (χ4v) is 4.70. The number of hydrogen-bond donors (Lipinski definition) is 2. The number of hydrogen-bond acceptors (Lipinski definition) is 3.